The molecule has 4 nitrogen and oxygen atoms in total. The second-order valence-electron chi connectivity index (χ2n) is 5.62. The van der Waals surface area contributed by atoms with E-state index in [1.165, 1.54) is 0 Å². The summed E-state index contributed by atoms with van der Waals surface area (Å²) in [5.74, 6) is -0.300. The molecule has 0 N–H and O–H groups in total. The number of hydrogen-bond donors (Lipinski definition) is 0. The van der Waals surface area contributed by atoms with Crippen LogP contribution in [0.2, 0.25) is 0 Å². The summed E-state index contributed by atoms with van der Waals surface area (Å²) < 4.78 is 44.8. The molecule has 0 amide bonds. The van der Waals surface area contributed by atoms with Crippen molar-refractivity contribution in [3.8, 4) is 5.88 Å². The Hall–Kier alpha value is -2.31. The highest BCUT2D eigenvalue weighted by molar-refractivity contribution is 5.57. The first-order valence-electron chi connectivity index (χ1n) is 7.63. The van der Waals surface area contributed by atoms with Gasteiger partial charge < -0.3 is 9.64 Å². The molecule has 0 spiro atoms. The highest BCUT2D eigenvalue weighted by Gasteiger charge is 2.37. The average molecular weight is 339 g/mol. The van der Waals surface area contributed by atoms with Gasteiger partial charge in [0.05, 0.1) is 6.10 Å². The number of nitrogens with zero attached hydrogens (tertiary/aromatic N) is 3. The van der Waals surface area contributed by atoms with Gasteiger partial charge in [-0.1, -0.05) is 24.6 Å². The van der Waals surface area contributed by atoms with E-state index in [1.807, 2.05) is 38.1 Å². The lowest BCUT2D eigenvalue weighted by Gasteiger charge is -2.21. The maximum atomic E-state index is 13.1. The second-order valence-corrected chi connectivity index (χ2v) is 5.62. The normalized spacial score (nSPS) is 12.8. The zero-order valence-corrected chi connectivity index (χ0v) is 14.1. The molecule has 7 heteroatoms. The fourth-order valence-electron chi connectivity index (χ4n) is 1.96. The molecule has 0 radical (unpaired) electrons. The summed E-state index contributed by atoms with van der Waals surface area (Å²) in [5.41, 5.74) is 0.889. The van der Waals surface area contributed by atoms with Crippen molar-refractivity contribution in [1.82, 2.24) is 9.97 Å². The number of hydrogen-bond acceptors (Lipinski definition) is 4. The number of rotatable bonds is 5. The number of alkyl halides is 3. The van der Waals surface area contributed by atoms with Crippen molar-refractivity contribution in [1.29, 1.82) is 0 Å². The monoisotopic (exact) mass is 339 g/mol. The van der Waals surface area contributed by atoms with E-state index in [1.54, 1.807) is 18.9 Å². The predicted octanol–water partition coefficient (Wildman–Crippen LogP) is 4.75. The molecule has 1 heterocycles. The molecule has 2 aromatic rings. The van der Waals surface area contributed by atoms with Crippen LogP contribution in [0.25, 0.3) is 0 Å². The summed E-state index contributed by atoms with van der Waals surface area (Å²) in [7, 11) is 1.69. The van der Waals surface area contributed by atoms with Gasteiger partial charge in [0, 0.05) is 18.9 Å². The molecule has 2 rings (SSSR count). The maximum absolute atomic E-state index is 13.1. The summed E-state index contributed by atoms with van der Waals surface area (Å²) in [6.45, 7) is 5.49. The molecule has 0 saturated heterocycles. The minimum Gasteiger partial charge on any atom is -0.474 e. The average Bonchev–Trinajstić information content (AvgIpc) is 2.53. The van der Waals surface area contributed by atoms with Gasteiger partial charge in [-0.25, -0.2) is 4.98 Å². The highest BCUT2D eigenvalue weighted by atomic mass is 19.4. The number of benzene rings is 1. The van der Waals surface area contributed by atoms with E-state index in [0.717, 1.165) is 17.4 Å². The lowest BCUT2D eigenvalue weighted by molar-refractivity contribution is -0.139. The third-order valence-electron chi connectivity index (χ3n) is 3.66. The minimum absolute atomic E-state index is 0.144. The van der Waals surface area contributed by atoms with Gasteiger partial charge in [0.2, 0.25) is 11.8 Å². The van der Waals surface area contributed by atoms with Crippen molar-refractivity contribution in [3.63, 3.8) is 0 Å². The van der Waals surface area contributed by atoms with Crippen molar-refractivity contribution >= 4 is 11.6 Å². The molecule has 130 valence electrons. The number of anilines is 2. The van der Waals surface area contributed by atoms with E-state index in [2.05, 4.69) is 9.97 Å². The summed E-state index contributed by atoms with van der Waals surface area (Å²) in [4.78, 5) is 9.47. The fourth-order valence-corrected chi connectivity index (χ4v) is 1.96. The summed E-state index contributed by atoms with van der Waals surface area (Å²) in [6, 6.07) is 7.52. The summed E-state index contributed by atoms with van der Waals surface area (Å²) in [6.07, 6.45) is -3.60. The molecule has 1 atom stereocenters. The van der Waals surface area contributed by atoms with Crippen LogP contribution in [-0.2, 0) is 6.18 Å². The van der Waals surface area contributed by atoms with E-state index in [9.17, 15) is 13.2 Å². The summed E-state index contributed by atoms with van der Waals surface area (Å²) >= 11 is 0. The van der Waals surface area contributed by atoms with Crippen molar-refractivity contribution in [2.45, 2.75) is 39.5 Å². The SMILES string of the molecule is CCC(C)Oc1nc(N(C)c2ccc(C)cc2)ncc1C(F)(F)F. The van der Waals surface area contributed by atoms with Gasteiger partial charge in [-0.05, 0) is 32.4 Å². The quantitative estimate of drug-likeness (QED) is 0.788. The molecule has 1 aromatic carbocycles. The van der Waals surface area contributed by atoms with Crippen molar-refractivity contribution in [3.05, 3.63) is 41.6 Å². The second kappa shape index (κ2) is 7.07. The Bertz CT molecular complexity index is 686. The Morgan fingerprint density at radius 1 is 1.21 bits per heavy atom. The number of aromatic nitrogens is 2. The van der Waals surface area contributed by atoms with Gasteiger partial charge in [0.15, 0.2) is 0 Å². The van der Waals surface area contributed by atoms with Crippen LogP contribution in [-0.4, -0.2) is 23.1 Å². The lowest BCUT2D eigenvalue weighted by atomic mass is 10.2. The molecule has 0 aliphatic heterocycles. The van der Waals surface area contributed by atoms with E-state index in [0.29, 0.717) is 6.42 Å². The molecule has 1 unspecified atom stereocenters. The van der Waals surface area contributed by atoms with Crippen molar-refractivity contribution < 1.29 is 17.9 Å². The van der Waals surface area contributed by atoms with E-state index in [4.69, 9.17) is 4.74 Å². The molecule has 0 aliphatic carbocycles. The third-order valence-corrected chi connectivity index (χ3v) is 3.66. The number of aryl methyl sites for hydroxylation is 1. The molecule has 24 heavy (non-hydrogen) atoms. The molecule has 1 aromatic heterocycles. The first-order valence-corrected chi connectivity index (χ1v) is 7.63. The Morgan fingerprint density at radius 3 is 2.38 bits per heavy atom. The fraction of sp³-hybridized carbons (Fsp3) is 0.412. The zero-order valence-electron chi connectivity index (χ0n) is 14.1. The molecule has 0 bridgehead atoms. The smallest absolute Gasteiger partial charge is 0.423 e. The molecule has 0 aliphatic rings. The van der Waals surface area contributed by atoms with Gasteiger partial charge in [-0.2, -0.15) is 18.2 Å². The Balaban J connectivity index is 2.40. The molecular weight excluding hydrogens is 319 g/mol. The largest absolute Gasteiger partial charge is 0.474 e. The molecule has 0 fully saturated rings. The minimum atomic E-state index is -4.57. The van der Waals surface area contributed by atoms with Crippen LogP contribution in [0.3, 0.4) is 0 Å². The predicted molar refractivity (Wildman–Crippen MR) is 86.7 cm³/mol. The van der Waals surface area contributed by atoms with Gasteiger partial charge in [-0.15, -0.1) is 0 Å². The zero-order chi connectivity index (χ0) is 17.9. The van der Waals surface area contributed by atoms with Gasteiger partial charge in [0.1, 0.15) is 5.56 Å². The Kier molecular flexibility index (Phi) is 5.31. The highest BCUT2D eigenvalue weighted by Crippen LogP contribution is 2.36. The molecule has 0 saturated carbocycles. The van der Waals surface area contributed by atoms with E-state index in [-0.39, 0.29) is 12.1 Å². The van der Waals surface area contributed by atoms with Crippen LogP contribution in [0, 0.1) is 6.92 Å². The van der Waals surface area contributed by atoms with Crippen LogP contribution in [0.5, 0.6) is 5.88 Å². The van der Waals surface area contributed by atoms with Gasteiger partial charge in [0.25, 0.3) is 0 Å². The topological polar surface area (TPSA) is 38.2 Å². The van der Waals surface area contributed by atoms with Gasteiger partial charge in [-0.3, -0.25) is 0 Å². The Labute approximate surface area is 139 Å². The van der Waals surface area contributed by atoms with Crippen LogP contribution >= 0.6 is 0 Å². The third kappa shape index (κ3) is 4.15. The lowest BCUT2D eigenvalue weighted by Crippen LogP contribution is -2.19. The Morgan fingerprint density at radius 2 is 1.83 bits per heavy atom. The number of halogens is 3. The molecular formula is C17H20F3N3O. The van der Waals surface area contributed by atoms with Crippen LogP contribution in [0.1, 0.15) is 31.4 Å². The first kappa shape index (κ1) is 18.0. The van der Waals surface area contributed by atoms with Crippen LogP contribution in [0.4, 0.5) is 24.8 Å². The van der Waals surface area contributed by atoms with E-state index < -0.39 is 17.6 Å². The van der Waals surface area contributed by atoms with Crippen molar-refractivity contribution in [2.24, 2.45) is 0 Å². The number of ether oxygens (including phenoxy) is 1. The van der Waals surface area contributed by atoms with Crippen LogP contribution in [0.15, 0.2) is 30.5 Å². The maximum Gasteiger partial charge on any atom is 0.423 e. The van der Waals surface area contributed by atoms with E-state index >= 15 is 0 Å². The van der Waals surface area contributed by atoms with Crippen molar-refractivity contribution in [2.75, 3.05) is 11.9 Å². The summed E-state index contributed by atoms with van der Waals surface area (Å²) in [5, 5.41) is 0. The standard InChI is InChI=1S/C17H20F3N3O/c1-5-12(3)24-15-14(17(18,19)20)10-21-16(22-15)23(4)13-8-6-11(2)7-9-13/h6-10,12H,5H2,1-4H3. The van der Waals surface area contributed by atoms with Gasteiger partial charge >= 0.3 is 6.18 Å². The first-order chi connectivity index (χ1) is 11.2. The van der Waals surface area contributed by atoms with Crippen LogP contribution < -0.4 is 9.64 Å².